The summed E-state index contributed by atoms with van der Waals surface area (Å²) in [6.45, 7) is 0. The maximum Gasteiger partial charge on any atom is 0.341 e. The van der Waals surface area contributed by atoms with Gasteiger partial charge in [-0.05, 0) is 0 Å². The van der Waals surface area contributed by atoms with Gasteiger partial charge in [0.25, 0.3) is 6.43 Å². The van der Waals surface area contributed by atoms with Gasteiger partial charge in [0.2, 0.25) is 0 Å². The van der Waals surface area contributed by atoms with Crippen LogP contribution in [0.5, 0.6) is 0 Å². The zero-order chi connectivity index (χ0) is 13.3. The number of carbonyl (C=O) groups is 1. The number of rotatable bonds is 3. The Kier molecular flexibility index (Phi) is 3.19. The Morgan fingerprint density at radius 3 is 2.61 bits per heavy atom. The summed E-state index contributed by atoms with van der Waals surface area (Å²) in [7, 11) is 0. The van der Waals surface area contributed by atoms with Crippen molar-refractivity contribution in [2.24, 2.45) is 0 Å². The van der Waals surface area contributed by atoms with Gasteiger partial charge in [0.05, 0.1) is 6.20 Å². The van der Waals surface area contributed by atoms with Crippen LogP contribution >= 0.6 is 11.6 Å². The lowest BCUT2D eigenvalue weighted by Gasteiger charge is -1.99. The molecule has 0 unspecified atom stereocenters. The molecule has 2 heterocycles. The molecule has 0 aliphatic rings. The summed E-state index contributed by atoms with van der Waals surface area (Å²) in [5.41, 5.74) is -1.64. The van der Waals surface area contributed by atoms with Gasteiger partial charge in [-0.1, -0.05) is 11.6 Å². The van der Waals surface area contributed by atoms with E-state index < -0.39 is 28.8 Å². The second-order valence-electron chi connectivity index (χ2n) is 3.13. The number of hydrogen-bond donors (Lipinski definition) is 1. The van der Waals surface area contributed by atoms with Crippen LogP contribution in [-0.2, 0) is 0 Å². The molecule has 0 aromatic carbocycles. The highest BCUT2D eigenvalue weighted by Crippen LogP contribution is 2.29. The lowest BCUT2D eigenvalue weighted by Crippen LogP contribution is -2.01. The van der Waals surface area contributed by atoms with Gasteiger partial charge in [-0.15, -0.1) is 0 Å². The monoisotopic (exact) mass is 274 g/mol. The minimum Gasteiger partial charge on any atom is -0.478 e. The number of alkyl halides is 2. The van der Waals surface area contributed by atoms with Gasteiger partial charge >= 0.3 is 5.97 Å². The normalized spacial score (nSPS) is 10.9. The molecule has 0 atom stereocenters. The molecule has 18 heavy (non-hydrogen) atoms. The Labute approximate surface area is 104 Å². The van der Waals surface area contributed by atoms with Crippen molar-refractivity contribution in [1.29, 1.82) is 0 Å². The predicted molar refractivity (Wildman–Crippen MR) is 56.1 cm³/mol. The molecule has 2 rings (SSSR count). The van der Waals surface area contributed by atoms with Crippen molar-refractivity contribution in [3.63, 3.8) is 0 Å². The van der Waals surface area contributed by atoms with Crippen LogP contribution in [0.2, 0.25) is 5.15 Å². The second kappa shape index (κ2) is 4.65. The fourth-order valence-electron chi connectivity index (χ4n) is 1.32. The number of carboxylic acid groups (broad SMARTS) is 1. The minimum atomic E-state index is -3.05. The van der Waals surface area contributed by atoms with Gasteiger partial charge in [-0.3, -0.25) is 4.98 Å². The molecule has 2 aromatic rings. The van der Waals surface area contributed by atoms with Crippen LogP contribution in [0.3, 0.4) is 0 Å². The molecule has 0 fully saturated rings. The van der Waals surface area contributed by atoms with E-state index in [1.54, 1.807) is 0 Å². The van der Waals surface area contributed by atoms with Gasteiger partial charge < -0.3 is 5.11 Å². The summed E-state index contributed by atoms with van der Waals surface area (Å²) in [4.78, 5) is 18.4. The van der Waals surface area contributed by atoms with E-state index >= 15 is 0 Å². The van der Waals surface area contributed by atoms with E-state index in [0.717, 1.165) is 4.68 Å². The highest BCUT2D eigenvalue weighted by Gasteiger charge is 2.28. The average molecular weight is 275 g/mol. The molecule has 0 aliphatic carbocycles. The lowest BCUT2D eigenvalue weighted by atomic mass is 10.2. The highest BCUT2D eigenvalue weighted by atomic mass is 35.5. The summed E-state index contributed by atoms with van der Waals surface area (Å²) in [5, 5.41) is 11.9. The first-order valence-corrected chi connectivity index (χ1v) is 4.96. The number of carboxylic acids is 1. The number of aromatic carboxylic acids is 1. The molecule has 0 spiro atoms. The lowest BCUT2D eigenvalue weighted by molar-refractivity contribution is 0.0684. The van der Waals surface area contributed by atoms with Crippen molar-refractivity contribution in [1.82, 2.24) is 19.7 Å². The summed E-state index contributed by atoms with van der Waals surface area (Å²) >= 11 is 5.72. The van der Waals surface area contributed by atoms with Crippen LogP contribution in [0.4, 0.5) is 8.78 Å². The van der Waals surface area contributed by atoms with Gasteiger partial charge in [0.15, 0.2) is 5.82 Å². The Hall–Kier alpha value is -2.09. The van der Waals surface area contributed by atoms with Crippen molar-refractivity contribution >= 4 is 17.6 Å². The largest absolute Gasteiger partial charge is 0.478 e. The minimum absolute atomic E-state index is 0.0527. The van der Waals surface area contributed by atoms with E-state index in [9.17, 15) is 13.6 Å². The van der Waals surface area contributed by atoms with E-state index in [1.165, 1.54) is 18.6 Å². The third-order valence-corrected chi connectivity index (χ3v) is 2.39. The van der Waals surface area contributed by atoms with Crippen LogP contribution in [0.1, 0.15) is 22.5 Å². The van der Waals surface area contributed by atoms with Gasteiger partial charge in [-0.2, -0.15) is 5.10 Å². The first-order chi connectivity index (χ1) is 8.52. The van der Waals surface area contributed by atoms with Crippen molar-refractivity contribution in [3.8, 4) is 5.82 Å². The van der Waals surface area contributed by atoms with Crippen molar-refractivity contribution in [2.75, 3.05) is 0 Å². The van der Waals surface area contributed by atoms with Crippen LogP contribution in [0.15, 0.2) is 18.6 Å². The Bertz CT molecular complexity index is 588. The van der Waals surface area contributed by atoms with Crippen LogP contribution in [-0.4, -0.2) is 30.8 Å². The molecule has 0 amide bonds. The fraction of sp³-hybridized carbons (Fsp3) is 0.111. The average Bonchev–Trinajstić information content (AvgIpc) is 2.68. The topological polar surface area (TPSA) is 80.9 Å². The number of halogens is 3. The Morgan fingerprint density at radius 2 is 2.17 bits per heavy atom. The third kappa shape index (κ3) is 2.02. The Morgan fingerprint density at radius 1 is 1.44 bits per heavy atom. The number of nitrogens with zero attached hydrogens (tertiary/aromatic N) is 4. The van der Waals surface area contributed by atoms with E-state index in [4.69, 9.17) is 16.7 Å². The zero-order valence-corrected chi connectivity index (χ0v) is 9.34. The molecule has 0 saturated carbocycles. The molecular weight excluding hydrogens is 270 g/mol. The van der Waals surface area contributed by atoms with Crippen molar-refractivity contribution in [2.45, 2.75) is 6.43 Å². The van der Waals surface area contributed by atoms with E-state index in [-0.39, 0.29) is 5.82 Å². The van der Waals surface area contributed by atoms with E-state index in [2.05, 4.69) is 15.1 Å². The highest BCUT2D eigenvalue weighted by molar-refractivity contribution is 6.32. The molecule has 0 radical (unpaired) electrons. The van der Waals surface area contributed by atoms with Gasteiger partial charge in [0, 0.05) is 12.4 Å². The van der Waals surface area contributed by atoms with Gasteiger partial charge in [-0.25, -0.2) is 23.2 Å². The van der Waals surface area contributed by atoms with Crippen LogP contribution in [0, 0.1) is 0 Å². The third-order valence-electron chi connectivity index (χ3n) is 2.04. The maximum absolute atomic E-state index is 12.7. The predicted octanol–water partition coefficient (Wildman–Crippen LogP) is 1.95. The summed E-state index contributed by atoms with van der Waals surface area (Å²) < 4.78 is 26.1. The molecule has 0 bridgehead atoms. The van der Waals surface area contributed by atoms with Gasteiger partial charge in [0.1, 0.15) is 16.4 Å². The zero-order valence-electron chi connectivity index (χ0n) is 8.59. The van der Waals surface area contributed by atoms with Crippen LogP contribution < -0.4 is 0 Å². The number of hydrogen-bond acceptors (Lipinski definition) is 4. The molecule has 0 saturated heterocycles. The summed E-state index contributed by atoms with van der Waals surface area (Å²) in [6, 6.07) is 0. The summed E-state index contributed by atoms with van der Waals surface area (Å²) in [6.07, 6.45) is 0.842. The maximum atomic E-state index is 12.7. The molecular formula is C9H5ClF2N4O2. The van der Waals surface area contributed by atoms with Crippen molar-refractivity contribution in [3.05, 3.63) is 35.0 Å². The summed E-state index contributed by atoms with van der Waals surface area (Å²) in [5.74, 6) is -1.53. The SMILES string of the molecule is O=C(O)c1c(C(F)F)nn(-c2cnccn2)c1Cl. The standard InChI is InChI=1S/C9H5ClF2N4O2/c10-7-5(9(17)18)6(8(11)12)15-16(7)4-3-13-1-2-14-4/h1-3,8H,(H,17,18). The quantitative estimate of drug-likeness (QED) is 0.925. The van der Waals surface area contributed by atoms with E-state index in [1.807, 2.05) is 0 Å². The molecule has 94 valence electrons. The molecule has 1 N–H and O–H groups in total. The van der Waals surface area contributed by atoms with Crippen molar-refractivity contribution < 1.29 is 18.7 Å². The van der Waals surface area contributed by atoms with Crippen LogP contribution in [0.25, 0.3) is 5.82 Å². The molecule has 9 heteroatoms. The smallest absolute Gasteiger partial charge is 0.341 e. The number of aromatic nitrogens is 4. The molecule has 0 aliphatic heterocycles. The first-order valence-electron chi connectivity index (χ1n) is 4.58. The first kappa shape index (κ1) is 12.4. The molecule has 6 nitrogen and oxygen atoms in total. The molecule has 2 aromatic heterocycles. The van der Waals surface area contributed by atoms with E-state index in [0.29, 0.717) is 0 Å². The fourth-order valence-corrected chi connectivity index (χ4v) is 1.62. The second-order valence-corrected chi connectivity index (χ2v) is 3.49. The Balaban J connectivity index is 2.64.